The minimum Gasteiger partial charge on any atom is -0.490 e. The highest BCUT2D eigenvalue weighted by molar-refractivity contribution is 5.92. The zero-order valence-corrected chi connectivity index (χ0v) is 15.9. The van der Waals surface area contributed by atoms with Gasteiger partial charge in [-0.05, 0) is 30.7 Å². The summed E-state index contributed by atoms with van der Waals surface area (Å²) >= 11 is 0. The van der Waals surface area contributed by atoms with Crippen molar-refractivity contribution in [3.05, 3.63) is 47.5 Å². The van der Waals surface area contributed by atoms with Gasteiger partial charge in [-0.3, -0.25) is 0 Å². The van der Waals surface area contributed by atoms with Crippen LogP contribution in [0.2, 0.25) is 0 Å². The fraction of sp³-hybridized carbons (Fsp3) is 0.350. The van der Waals surface area contributed by atoms with Gasteiger partial charge in [0.2, 0.25) is 0 Å². The lowest BCUT2D eigenvalue weighted by atomic mass is 10.1. The molecule has 1 aliphatic rings. The minimum atomic E-state index is -4.41. The Morgan fingerprint density at radius 2 is 1.90 bits per heavy atom. The van der Waals surface area contributed by atoms with Crippen LogP contribution in [-0.4, -0.2) is 32.0 Å². The highest BCUT2D eigenvalue weighted by Gasteiger charge is 2.28. The van der Waals surface area contributed by atoms with Crippen molar-refractivity contribution in [3.63, 3.8) is 0 Å². The molecule has 0 bridgehead atoms. The van der Waals surface area contributed by atoms with Gasteiger partial charge in [0.15, 0.2) is 24.1 Å². The molecule has 3 N–H and O–H groups in total. The first-order valence-electron chi connectivity index (χ1n) is 9.06. The zero-order chi connectivity index (χ0) is 20.9. The van der Waals surface area contributed by atoms with E-state index in [4.69, 9.17) is 19.9 Å². The second-order valence-corrected chi connectivity index (χ2v) is 6.55. The summed E-state index contributed by atoms with van der Waals surface area (Å²) in [6, 6.07) is 10.3. The van der Waals surface area contributed by atoms with Gasteiger partial charge in [-0.1, -0.05) is 12.1 Å². The number of nitrogens with zero attached hydrogens (tertiary/aromatic N) is 1. The van der Waals surface area contributed by atoms with Gasteiger partial charge >= 0.3 is 6.18 Å². The molecule has 29 heavy (non-hydrogen) atoms. The molecule has 0 saturated heterocycles. The predicted molar refractivity (Wildman–Crippen MR) is 104 cm³/mol. The van der Waals surface area contributed by atoms with Gasteiger partial charge in [0.25, 0.3) is 0 Å². The second-order valence-electron chi connectivity index (χ2n) is 6.55. The number of alkyl halides is 3. The highest BCUT2D eigenvalue weighted by atomic mass is 19.4. The fourth-order valence-electron chi connectivity index (χ4n) is 2.69. The monoisotopic (exact) mass is 409 g/mol. The molecule has 1 heterocycles. The van der Waals surface area contributed by atoms with Crippen LogP contribution < -0.4 is 25.3 Å². The van der Waals surface area contributed by atoms with Gasteiger partial charge in [-0.25, -0.2) is 4.99 Å². The van der Waals surface area contributed by atoms with Gasteiger partial charge in [-0.2, -0.15) is 13.2 Å². The van der Waals surface area contributed by atoms with Crippen molar-refractivity contribution in [2.75, 3.05) is 25.1 Å². The molecule has 0 radical (unpaired) electrons. The normalized spacial score (nSPS) is 14.3. The molecular weight excluding hydrogens is 387 g/mol. The fourth-order valence-corrected chi connectivity index (χ4v) is 2.69. The number of guanidine groups is 1. The number of rotatable bonds is 5. The average Bonchev–Trinajstić information content (AvgIpc) is 2.90. The molecule has 2 aromatic rings. The van der Waals surface area contributed by atoms with Crippen molar-refractivity contribution in [2.24, 2.45) is 10.7 Å². The number of nitrogens with one attached hydrogen (secondary N) is 1. The van der Waals surface area contributed by atoms with Crippen LogP contribution in [0.4, 0.5) is 18.9 Å². The van der Waals surface area contributed by atoms with Gasteiger partial charge < -0.3 is 25.3 Å². The Labute approximate surface area is 166 Å². The van der Waals surface area contributed by atoms with E-state index < -0.39 is 12.8 Å². The second kappa shape index (κ2) is 8.93. The van der Waals surface area contributed by atoms with E-state index in [-0.39, 0.29) is 18.3 Å². The van der Waals surface area contributed by atoms with Crippen LogP contribution in [-0.2, 0) is 6.54 Å². The van der Waals surface area contributed by atoms with Gasteiger partial charge in [-0.15, -0.1) is 0 Å². The van der Waals surface area contributed by atoms with Crippen LogP contribution in [0.3, 0.4) is 0 Å². The number of nitrogens with two attached hydrogens (primary N) is 1. The molecule has 0 spiro atoms. The third-order valence-electron chi connectivity index (χ3n) is 4.05. The van der Waals surface area contributed by atoms with E-state index in [1.165, 1.54) is 0 Å². The molecule has 0 amide bonds. The largest absolute Gasteiger partial charge is 0.490 e. The Hall–Kier alpha value is -3.10. The number of benzene rings is 2. The molecule has 0 saturated carbocycles. The molecule has 0 fully saturated rings. The van der Waals surface area contributed by atoms with Crippen LogP contribution in [0.1, 0.15) is 17.5 Å². The van der Waals surface area contributed by atoms with Gasteiger partial charge in [0.1, 0.15) is 5.75 Å². The standard InChI is InChI=1S/C20H22F3N3O3/c1-13-3-4-14(17(9-13)29-12-20(21,22)23)11-25-19(24)26-15-5-6-16-18(10-15)28-8-2-7-27-16/h3-6,9-10H,2,7-8,11-12H2,1H3,(H3,24,25,26). The molecular formula is C20H22F3N3O3. The Bertz CT molecular complexity index is 885. The Balaban J connectivity index is 1.67. The lowest BCUT2D eigenvalue weighted by Gasteiger charge is -2.13. The summed E-state index contributed by atoms with van der Waals surface area (Å²) in [7, 11) is 0. The maximum absolute atomic E-state index is 12.5. The molecule has 3 rings (SSSR count). The lowest BCUT2D eigenvalue weighted by molar-refractivity contribution is -0.153. The summed E-state index contributed by atoms with van der Waals surface area (Å²) in [5.41, 5.74) is 7.88. The highest BCUT2D eigenvalue weighted by Crippen LogP contribution is 2.32. The molecule has 0 aromatic heterocycles. The number of aliphatic imine (C=N–C) groups is 1. The number of halogens is 3. The summed E-state index contributed by atoms with van der Waals surface area (Å²) in [5, 5.41) is 2.94. The van der Waals surface area contributed by atoms with Crippen LogP contribution in [0, 0.1) is 6.92 Å². The Kier molecular flexibility index (Phi) is 6.36. The summed E-state index contributed by atoms with van der Waals surface area (Å²) in [4.78, 5) is 4.21. The van der Waals surface area contributed by atoms with E-state index in [1.54, 1.807) is 43.3 Å². The van der Waals surface area contributed by atoms with Crippen LogP contribution in [0.5, 0.6) is 17.2 Å². The van der Waals surface area contributed by atoms with E-state index in [9.17, 15) is 13.2 Å². The van der Waals surface area contributed by atoms with E-state index in [0.717, 1.165) is 12.0 Å². The predicted octanol–water partition coefficient (Wildman–Crippen LogP) is 4.02. The minimum absolute atomic E-state index is 0.0663. The molecule has 156 valence electrons. The quantitative estimate of drug-likeness (QED) is 0.576. The molecule has 6 nitrogen and oxygen atoms in total. The molecule has 0 unspecified atom stereocenters. The number of anilines is 1. The number of aryl methyl sites for hydroxylation is 1. The Morgan fingerprint density at radius 3 is 2.66 bits per heavy atom. The first kappa shape index (κ1) is 20.6. The third-order valence-corrected chi connectivity index (χ3v) is 4.05. The Morgan fingerprint density at radius 1 is 1.14 bits per heavy atom. The number of ether oxygens (including phenoxy) is 3. The van der Waals surface area contributed by atoms with Crippen molar-refractivity contribution in [1.29, 1.82) is 0 Å². The topological polar surface area (TPSA) is 78.1 Å². The summed E-state index contributed by atoms with van der Waals surface area (Å²) in [6.07, 6.45) is -3.61. The van der Waals surface area contributed by atoms with Crippen LogP contribution in [0.15, 0.2) is 41.4 Å². The van der Waals surface area contributed by atoms with Crippen molar-refractivity contribution in [2.45, 2.75) is 26.1 Å². The smallest absolute Gasteiger partial charge is 0.422 e. The van der Waals surface area contributed by atoms with Crippen LogP contribution >= 0.6 is 0 Å². The molecule has 1 aliphatic heterocycles. The zero-order valence-electron chi connectivity index (χ0n) is 15.9. The van der Waals surface area contributed by atoms with E-state index >= 15 is 0 Å². The van der Waals surface area contributed by atoms with Crippen molar-refractivity contribution >= 4 is 11.6 Å². The van der Waals surface area contributed by atoms with Gasteiger partial charge in [0.05, 0.1) is 19.8 Å². The van der Waals surface area contributed by atoms with E-state index in [1.807, 2.05) is 0 Å². The summed E-state index contributed by atoms with van der Waals surface area (Å²) in [6.45, 7) is 1.63. The maximum atomic E-state index is 12.5. The van der Waals surface area contributed by atoms with Crippen molar-refractivity contribution in [1.82, 2.24) is 0 Å². The summed E-state index contributed by atoms with van der Waals surface area (Å²) < 4.78 is 53.5. The van der Waals surface area contributed by atoms with E-state index in [2.05, 4.69) is 10.3 Å². The van der Waals surface area contributed by atoms with Crippen molar-refractivity contribution in [3.8, 4) is 17.2 Å². The molecule has 0 aliphatic carbocycles. The maximum Gasteiger partial charge on any atom is 0.422 e. The number of hydrogen-bond acceptors (Lipinski definition) is 4. The molecule has 2 aromatic carbocycles. The van der Waals surface area contributed by atoms with Crippen LogP contribution in [0.25, 0.3) is 0 Å². The van der Waals surface area contributed by atoms with Crippen molar-refractivity contribution < 1.29 is 27.4 Å². The van der Waals surface area contributed by atoms with E-state index in [0.29, 0.717) is 36.0 Å². The third kappa shape index (κ3) is 6.20. The number of hydrogen-bond donors (Lipinski definition) is 2. The average molecular weight is 409 g/mol. The summed E-state index contributed by atoms with van der Waals surface area (Å²) in [5.74, 6) is 1.52. The molecule has 9 heteroatoms. The first-order chi connectivity index (χ1) is 13.8. The first-order valence-corrected chi connectivity index (χ1v) is 9.06. The SMILES string of the molecule is Cc1ccc(CN=C(N)Nc2ccc3c(c2)OCCCO3)c(OCC(F)(F)F)c1. The molecule has 0 atom stereocenters. The number of fused-ring (bicyclic) bond motifs is 1. The lowest BCUT2D eigenvalue weighted by Crippen LogP contribution is -2.23. The van der Waals surface area contributed by atoms with Gasteiger partial charge in [0, 0.05) is 23.7 Å².